The highest BCUT2D eigenvalue weighted by molar-refractivity contribution is 7.96. The lowest BCUT2D eigenvalue weighted by Gasteiger charge is -2.41. The van der Waals surface area contributed by atoms with E-state index < -0.39 is 0 Å². The number of hydrogen-bond donors (Lipinski definition) is 2. The van der Waals surface area contributed by atoms with Crippen molar-refractivity contribution in [1.82, 2.24) is 34.3 Å². The van der Waals surface area contributed by atoms with E-state index in [-0.39, 0.29) is 24.1 Å². The first-order chi connectivity index (χ1) is 18.7. The van der Waals surface area contributed by atoms with Gasteiger partial charge in [-0.25, -0.2) is 9.67 Å². The van der Waals surface area contributed by atoms with Crippen LogP contribution in [0.2, 0.25) is 0 Å². The Hall–Kier alpha value is -2.69. The van der Waals surface area contributed by atoms with E-state index in [1.165, 1.54) is 12.8 Å². The summed E-state index contributed by atoms with van der Waals surface area (Å²) in [7, 11) is 0. The van der Waals surface area contributed by atoms with E-state index in [4.69, 9.17) is 4.98 Å². The Morgan fingerprint density at radius 1 is 1.13 bits per heavy atom. The number of amides is 1. The second-order valence-corrected chi connectivity index (χ2v) is 12.2. The summed E-state index contributed by atoms with van der Waals surface area (Å²) in [4.78, 5) is 36.6. The van der Waals surface area contributed by atoms with Gasteiger partial charge in [-0.05, 0) is 90.4 Å². The first kappa shape index (κ1) is 27.9. The van der Waals surface area contributed by atoms with E-state index >= 15 is 0 Å². The van der Waals surface area contributed by atoms with Crippen molar-refractivity contribution >= 4 is 28.9 Å². The molecule has 0 radical (unpaired) electrons. The monoisotopic (exact) mass is 551 g/mol. The van der Waals surface area contributed by atoms with Crippen LogP contribution in [0.25, 0.3) is 11.0 Å². The van der Waals surface area contributed by atoms with Crippen molar-refractivity contribution in [3.8, 4) is 0 Å². The number of pyridine rings is 2. The molecule has 1 amide bonds. The summed E-state index contributed by atoms with van der Waals surface area (Å²) in [6.45, 7) is 12.5. The fourth-order valence-electron chi connectivity index (χ4n) is 6.13. The van der Waals surface area contributed by atoms with Crippen LogP contribution in [0.4, 0.5) is 0 Å². The van der Waals surface area contributed by atoms with E-state index in [0.29, 0.717) is 23.1 Å². The molecule has 0 aliphatic carbocycles. The van der Waals surface area contributed by atoms with Crippen molar-refractivity contribution in [2.75, 3.05) is 32.4 Å². The molecule has 5 heterocycles. The zero-order valence-electron chi connectivity index (χ0n) is 23.8. The number of rotatable bonds is 7. The summed E-state index contributed by atoms with van der Waals surface area (Å²) < 4.78 is 4.36. The summed E-state index contributed by atoms with van der Waals surface area (Å²) in [5.74, 6) is 0.102. The van der Waals surface area contributed by atoms with Crippen LogP contribution < -0.4 is 10.9 Å². The van der Waals surface area contributed by atoms with Gasteiger partial charge in [0.1, 0.15) is 0 Å². The lowest BCUT2D eigenvalue weighted by Crippen LogP contribution is -2.46. The standard InChI is InChI=1S/C29H41N7O2S/c1-18(2)36-27-25(17-31-36)23(28(37)30-16-24-19(3)14-20(4)32-29(24)38)15-26(33-27)21-6-10-34(11-7-21)22-8-12-35(39-5)13-9-22/h14-15,17-18,21-22H,6-13,16H2,1-5H3,(H,30,37)(H,32,38). The Morgan fingerprint density at radius 2 is 1.85 bits per heavy atom. The number of likely N-dealkylation sites (tertiary alicyclic amines) is 1. The van der Waals surface area contributed by atoms with Gasteiger partial charge in [-0.3, -0.25) is 13.9 Å². The molecule has 39 heavy (non-hydrogen) atoms. The summed E-state index contributed by atoms with van der Waals surface area (Å²) in [6.07, 6.45) is 8.45. The van der Waals surface area contributed by atoms with Crippen LogP contribution in [0.1, 0.15) is 84.4 Å². The van der Waals surface area contributed by atoms with E-state index in [0.717, 1.165) is 67.0 Å². The molecule has 2 aliphatic heterocycles. The topological polar surface area (TPSA) is 99.1 Å². The summed E-state index contributed by atoms with van der Waals surface area (Å²) >= 11 is 1.85. The predicted molar refractivity (Wildman–Crippen MR) is 157 cm³/mol. The van der Waals surface area contributed by atoms with Gasteiger partial charge in [0, 0.05) is 54.6 Å². The molecular formula is C29H41N7O2S. The molecule has 210 valence electrons. The van der Waals surface area contributed by atoms with Gasteiger partial charge in [0.25, 0.3) is 11.5 Å². The number of hydrogen-bond acceptors (Lipinski definition) is 7. The zero-order chi connectivity index (χ0) is 27.7. The van der Waals surface area contributed by atoms with Crippen molar-refractivity contribution in [2.24, 2.45) is 0 Å². The number of nitrogens with zero attached hydrogens (tertiary/aromatic N) is 5. The molecular weight excluding hydrogens is 510 g/mol. The molecule has 10 heteroatoms. The lowest BCUT2D eigenvalue weighted by molar-refractivity contribution is 0.0952. The Labute approximate surface area is 234 Å². The minimum Gasteiger partial charge on any atom is -0.348 e. The molecule has 3 aromatic rings. The normalized spacial score (nSPS) is 18.3. The van der Waals surface area contributed by atoms with Crippen LogP contribution in [-0.4, -0.2) is 73.3 Å². The fraction of sp³-hybridized carbons (Fsp3) is 0.586. The number of carbonyl (C=O) groups excluding carboxylic acids is 1. The third-order valence-electron chi connectivity index (χ3n) is 8.39. The lowest BCUT2D eigenvalue weighted by atomic mass is 9.90. The SMILES string of the molecule is CSN1CCC(N2CCC(c3cc(C(=O)NCc4c(C)cc(C)[nH]c4=O)c4cnn(C(C)C)c4n3)CC2)CC1. The fourth-order valence-corrected chi connectivity index (χ4v) is 6.70. The molecule has 0 saturated carbocycles. The number of aromatic amines is 1. The Morgan fingerprint density at radius 3 is 2.49 bits per heavy atom. The van der Waals surface area contributed by atoms with Gasteiger partial charge < -0.3 is 15.2 Å². The molecule has 2 fully saturated rings. The van der Waals surface area contributed by atoms with Crippen LogP contribution in [-0.2, 0) is 6.54 Å². The molecule has 3 aromatic heterocycles. The molecule has 0 unspecified atom stereocenters. The van der Waals surface area contributed by atoms with Crippen LogP contribution >= 0.6 is 11.9 Å². The van der Waals surface area contributed by atoms with Crippen molar-refractivity contribution in [3.05, 3.63) is 56.8 Å². The first-order valence-electron chi connectivity index (χ1n) is 14.1. The van der Waals surface area contributed by atoms with Gasteiger partial charge in [-0.15, -0.1) is 0 Å². The number of aryl methyl sites for hydroxylation is 2. The molecule has 0 atom stereocenters. The van der Waals surface area contributed by atoms with Gasteiger partial charge >= 0.3 is 0 Å². The molecule has 2 saturated heterocycles. The highest BCUT2D eigenvalue weighted by Crippen LogP contribution is 2.33. The third kappa shape index (κ3) is 5.93. The van der Waals surface area contributed by atoms with E-state index in [1.54, 1.807) is 6.20 Å². The number of H-pyrrole nitrogens is 1. The molecule has 2 N–H and O–H groups in total. The average molecular weight is 552 g/mol. The van der Waals surface area contributed by atoms with Gasteiger partial charge in [0.2, 0.25) is 0 Å². The smallest absolute Gasteiger partial charge is 0.253 e. The summed E-state index contributed by atoms with van der Waals surface area (Å²) in [6, 6.07) is 4.69. The molecule has 9 nitrogen and oxygen atoms in total. The highest BCUT2D eigenvalue weighted by atomic mass is 32.2. The summed E-state index contributed by atoms with van der Waals surface area (Å²) in [5.41, 5.74) is 4.40. The van der Waals surface area contributed by atoms with Crippen LogP contribution in [0.15, 0.2) is 23.1 Å². The predicted octanol–water partition coefficient (Wildman–Crippen LogP) is 4.17. The van der Waals surface area contributed by atoms with E-state index in [9.17, 15) is 9.59 Å². The van der Waals surface area contributed by atoms with Crippen molar-refractivity contribution < 1.29 is 4.79 Å². The maximum atomic E-state index is 13.5. The van der Waals surface area contributed by atoms with Gasteiger partial charge in [-0.2, -0.15) is 5.10 Å². The van der Waals surface area contributed by atoms with Gasteiger partial charge in [0.05, 0.1) is 17.1 Å². The number of aromatic nitrogens is 4. The van der Waals surface area contributed by atoms with Gasteiger partial charge in [-0.1, -0.05) is 11.9 Å². The Kier molecular flexibility index (Phi) is 8.44. The molecule has 5 rings (SSSR count). The maximum absolute atomic E-state index is 13.5. The van der Waals surface area contributed by atoms with Crippen molar-refractivity contribution in [1.29, 1.82) is 0 Å². The Bertz CT molecular complexity index is 1380. The highest BCUT2D eigenvalue weighted by Gasteiger charge is 2.30. The molecule has 0 aromatic carbocycles. The van der Waals surface area contributed by atoms with Crippen LogP contribution in [0.3, 0.4) is 0 Å². The maximum Gasteiger partial charge on any atom is 0.253 e. The number of fused-ring (bicyclic) bond motifs is 1. The van der Waals surface area contributed by atoms with Crippen LogP contribution in [0, 0.1) is 13.8 Å². The van der Waals surface area contributed by atoms with Crippen molar-refractivity contribution in [2.45, 2.75) is 77.9 Å². The van der Waals surface area contributed by atoms with Crippen molar-refractivity contribution in [3.63, 3.8) is 0 Å². The number of nitrogens with one attached hydrogen (secondary N) is 2. The zero-order valence-corrected chi connectivity index (χ0v) is 24.6. The minimum atomic E-state index is -0.204. The molecule has 0 bridgehead atoms. The van der Waals surface area contributed by atoms with Gasteiger partial charge in [0.15, 0.2) is 5.65 Å². The minimum absolute atomic E-state index is 0.129. The average Bonchev–Trinajstić information content (AvgIpc) is 3.36. The second-order valence-electron chi connectivity index (χ2n) is 11.3. The van der Waals surface area contributed by atoms with E-state index in [2.05, 4.69) is 44.7 Å². The number of carbonyl (C=O) groups is 1. The van der Waals surface area contributed by atoms with E-state index in [1.807, 2.05) is 42.6 Å². The second kappa shape index (κ2) is 11.8. The largest absolute Gasteiger partial charge is 0.348 e. The van der Waals surface area contributed by atoms with Crippen LogP contribution in [0.5, 0.6) is 0 Å². The quantitative estimate of drug-likeness (QED) is 0.425. The first-order valence-corrected chi connectivity index (χ1v) is 15.3. The number of piperidine rings is 2. The molecule has 2 aliphatic rings. The Balaban J connectivity index is 1.36. The molecule has 0 spiro atoms. The summed E-state index contributed by atoms with van der Waals surface area (Å²) in [5, 5.41) is 8.32. The third-order valence-corrected chi connectivity index (χ3v) is 9.27.